The lowest BCUT2D eigenvalue weighted by atomic mass is 9.73. The molecule has 1 aliphatic carbocycles. The van der Waals surface area contributed by atoms with Crippen LogP contribution in [-0.4, -0.2) is 24.6 Å². The van der Waals surface area contributed by atoms with Crippen molar-refractivity contribution >= 4 is 12.3 Å². The number of aldehydes is 1. The van der Waals surface area contributed by atoms with Crippen LogP contribution in [0, 0.1) is 11.8 Å². The van der Waals surface area contributed by atoms with Crippen LogP contribution < -0.4 is 0 Å². The molecule has 2 fully saturated rings. The fourth-order valence-electron chi connectivity index (χ4n) is 2.87. The minimum atomic E-state index is -1.03. The molecule has 1 spiro atoms. The van der Waals surface area contributed by atoms with Gasteiger partial charge in [-0.15, -0.1) is 0 Å². The van der Waals surface area contributed by atoms with E-state index in [4.69, 9.17) is 9.47 Å². The molecule has 0 saturated carbocycles. The second-order valence-electron chi connectivity index (χ2n) is 4.34. The summed E-state index contributed by atoms with van der Waals surface area (Å²) in [5.74, 6) is -1.35. The van der Waals surface area contributed by atoms with E-state index in [0.29, 0.717) is 6.61 Å². The van der Waals surface area contributed by atoms with E-state index in [1.54, 1.807) is 0 Å². The van der Waals surface area contributed by atoms with Gasteiger partial charge in [0.05, 0.1) is 18.9 Å². The molecule has 0 N–H and O–H groups in total. The number of hydrogen-bond acceptors (Lipinski definition) is 4. The van der Waals surface area contributed by atoms with Crippen LogP contribution in [0.5, 0.6) is 0 Å². The minimum Gasteiger partial charge on any atom is -0.428 e. The summed E-state index contributed by atoms with van der Waals surface area (Å²) in [7, 11) is 0. The lowest BCUT2D eigenvalue weighted by molar-refractivity contribution is -0.244. The summed E-state index contributed by atoms with van der Waals surface area (Å²) in [4.78, 5) is 22.4. The highest BCUT2D eigenvalue weighted by atomic mass is 16.7. The molecule has 0 aromatic rings. The molecule has 3 aliphatic rings. The molecule has 4 nitrogen and oxygen atoms in total. The molecule has 0 radical (unpaired) electrons. The Balaban J connectivity index is 2.09. The summed E-state index contributed by atoms with van der Waals surface area (Å²) < 4.78 is 10.9. The largest absolute Gasteiger partial charge is 0.428 e. The first-order valence-electron chi connectivity index (χ1n) is 5.27. The first kappa shape index (κ1) is 9.09. The van der Waals surface area contributed by atoms with Crippen LogP contribution in [0.15, 0.2) is 11.6 Å². The zero-order chi connectivity index (χ0) is 10.5. The predicted molar refractivity (Wildman–Crippen MR) is 49.8 cm³/mol. The van der Waals surface area contributed by atoms with Gasteiger partial charge in [0.1, 0.15) is 6.29 Å². The van der Waals surface area contributed by atoms with E-state index in [0.717, 1.165) is 24.7 Å². The summed E-state index contributed by atoms with van der Waals surface area (Å²) in [5.41, 5.74) is 0.848. The van der Waals surface area contributed by atoms with Gasteiger partial charge in [-0.3, -0.25) is 4.79 Å². The van der Waals surface area contributed by atoms with Crippen LogP contribution in [0.2, 0.25) is 0 Å². The van der Waals surface area contributed by atoms with Gasteiger partial charge in [-0.1, -0.05) is 6.08 Å². The molecular weight excluding hydrogens is 196 g/mol. The number of ether oxygens (including phenoxy) is 2. The summed E-state index contributed by atoms with van der Waals surface area (Å²) >= 11 is 0. The maximum atomic E-state index is 11.3. The zero-order valence-corrected chi connectivity index (χ0v) is 8.27. The van der Waals surface area contributed by atoms with Crippen LogP contribution in [0.25, 0.3) is 0 Å². The van der Waals surface area contributed by atoms with Crippen molar-refractivity contribution in [1.29, 1.82) is 0 Å². The maximum absolute atomic E-state index is 11.3. The topological polar surface area (TPSA) is 52.6 Å². The van der Waals surface area contributed by atoms with Gasteiger partial charge in [0.25, 0.3) is 0 Å². The van der Waals surface area contributed by atoms with E-state index >= 15 is 0 Å². The number of carbonyl (C=O) groups is 2. The summed E-state index contributed by atoms with van der Waals surface area (Å²) in [6.07, 6.45) is 4.90. The SMILES string of the molecule is O=C[C@H]1[C@H]2CC=C3CC(=O)O[C@]31OCC2. The Morgan fingerprint density at radius 2 is 2.40 bits per heavy atom. The quantitative estimate of drug-likeness (QED) is 0.363. The van der Waals surface area contributed by atoms with Gasteiger partial charge in [-0.2, -0.15) is 0 Å². The third-order valence-corrected chi connectivity index (χ3v) is 3.61. The van der Waals surface area contributed by atoms with Gasteiger partial charge in [0, 0.05) is 5.57 Å². The lowest BCUT2D eigenvalue weighted by Gasteiger charge is -2.44. The monoisotopic (exact) mass is 208 g/mol. The molecular formula is C11H12O4. The average molecular weight is 208 g/mol. The minimum absolute atomic E-state index is 0.269. The van der Waals surface area contributed by atoms with Gasteiger partial charge in [-0.05, 0) is 18.8 Å². The molecule has 0 aromatic carbocycles. The molecule has 2 heterocycles. The van der Waals surface area contributed by atoms with Crippen molar-refractivity contribution in [3.8, 4) is 0 Å². The van der Waals surface area contributed by atoms with Crippen molar-refractivity contribution in [1.82, 2.24) is 0 Å². The molecule has 0 amide bonds. The Hall–Kier alpha value is -1.16. The highest BCUT2D eigenvalue weighted by Gasteiger charge is 2.58. The van der Waals surface area contributed by atoms with Crippen molar-refractivity contribution in [2.75, 3.05) is 6.61 Å². The number of esters is 1. The second kappa shape index (κ2) is 2.92. The molecule has 0 aromatic heterocycles. The summed E-state index contributed by atoms with van der Waals surface area (Å²) in [5, 5.41) is 0. The molecule has 0 unspecified atom stereocenters. The molecule has 80 valence electrons. The normalized spacial score (nSPS) is 42.9. The predicted octanol–water partition coefficient (Wildman–Crippen LogP) is 0.811. The second-order valence-corrected chi connectivity index (χ2v) is 4.34. The van der Waals surface area contributed by atoms with Gasteiger partial charge < -0.3 is 14.3 Å². The molecule has 3 atom stereocenters. The summed E-state index contributed by atoms with van der Waals surface area (Å²) in [6.45, 7) is 0.569. The Morgan fingerprint density at radius 3 is 3.20 bits per heavy atom. The standard InChI is InChI=1S/C11H12O4/c12-6-9-7-1-2-8-5-10(13)15-11(8,9)14-4-3-7/h2,6-7,9H,1,3-5H2/t7-,9-,11+/m0/s1. The van der Waals surface area contributed by atoms with Crippen molar-refractivity contribution in [2.45, 2.75) is 25.0 Å². The van der Waals surface area contributed by atoms with Crippen molar-refractivity contribution in [3.63, 3.8) is 0 Å². The maximum Gasteiger partial charge on any atom is 0.312 e. The van der Waals surface area contributed by atoms with E-state index in [1.165, 1.54) is 0 Å². The van der Waals surface area contributed by atoms with Crippen LogP contribution >= 0.6 is 0 Å². The van der Waals surface area contributed by atoms with Gasteiger partial charge >= 0.3 is 5.97 Å². The first-order chi connectivity index (χ1) is 7.26. The molecule has 15 heavy (non-hydrogen) atoms. The lowest BCUT2D eigenvalue weighted by Crippen LogP contribution is -2.52. The molecule has 3 rings (SSSR count). The Kier molecular flexibility index (Phi) is 1.77. The van der Waals surface area contributed by atoms with Crippen molar-refractivity contribution in [3.05, 3.63) is 11.6 Å². The summed E-state index contributed by atoms with van der Waals surface area (Å²) in [6, 6.07) is 0. The van der Waals surface area contributed by atoms with Crippen LogP contribution in [0.1, 0.15) is 19.3 Å². The number of rotatable bonds is 1. The third-order valence-electron chi connectivity index (χ3n) is 3.61. The molecule has 2 bridgehead atoms. The number of allylic oxidation sites excluding steroid dienone is 1. The molecule has 2 aliphatic heterocycles. The van der Waals surface area contributed by atoms with Gasteiger partial charge in [-0.25, -0.2) is 0 Å². The average Bonchev–Trinajstić information content (AvgIpc) is 2.51. The Labute approximate surface area is 87.2 Å². The van der Waals surface area contributed by atoms with Gasteiger partial charge in [0.2, 0.25) is 5.79 Å². The van der Waals surface area contributed by atoms with E-state index in [9.17, 15) is 9.59 Å². The van der Waals surface area contributed by atoms with Gasteiger partial charge in [0.15, 0.2) is 0 Å². The third kappa shape index (κ3) is 1.05. The fourth-order valence-corrected chi connectivity index (χ4v) is 2.87. The number of hydrogen-bond donors (Lipinski definition) is 0. The first-order valence-corrected chi connectivity index (χ1v) is 5.27. The highest BCUT2D eigenvalue weighted by Crippen LogP contribution is 2.50. The van der Waals surface area contributed by atoms with Crippen molar-refractivity contribution in [2.24, 2.45) is 11.8 Å². The zero-order valence-electron chi connectivity index (χ0n) is 8.27. The highest BCUT2D eigenvalue weighted by molar-refractivity contribution is 5.79. The molecule has 2 saturated heterocycles. The van der Waals surface area contributed by atoms with E-state index < -0.39 is 5.79 Å². The van der Waals surface area contributed by atoms with Crippen LogP contribution in [0.4, 0.5) is 0 Å². The van der Waals surface area contributed by atoms with E-state index in [-0.39, 0.29) is 24.2 Å². The van der Waals surface area contributed by atoms with Crippen LogP contribution in [-0.2, 0) is 19.1 Å². The van der Waals surface area contributed by atoms with E-state index in [1.807, 2.05) is 6.08 Å². The molecule has 4 heteroatoms. The van der Waals surface area contributed by atoms with Crippen LogP contribution in [0.3, 0.4) is 0 Å². The Bertz CT molecular complexity index is 360. The fraction of sp³-hybridized carbons (Fsp3) is 0.636. The smallest absolute Gasteiger partial charge is 0.312 e. The van der Waals surface area contributed by atoms with Crippen molar-refractivity contribution < 1.29 is 19.1 Å². The number of carbonyl (C=O) groups excluding carboxylic acids is 2. The number of fused-ring (bicyclic) bond motifs is 1. The van der Waals surface area contributed by atoms with E-state index in [2.05, 4.69) is 0 Å². The Morgan fingerprint density at radius 1 is 1.53 bits per heavy atom.